The summed E-state index contributed by atoms with van der Waals surface area (Å²) in [4.78, 5) is 18.4. The van der Waals surface area contributed by atoms with Crippen LogP contribution in [0.15, 0.2) is 4.52 Å². The van der Waals surface area contributed by atoms with Gasteiger partial charge in [-0.1, -0.05) is 11.6 Å². The molecule has 1 aliphatic carbocycles. The molecule has 3 rings (SSSR count). The summed E-state index contributed by atoms with van der Waals surface area (Å²) in [7, 11) is 2.05. The summed E-state index contributed by atoms with van der Waals surface area (Å²) in [6.07, 6.45) is 4.24. The summed E-state index contributed by atoms with van der Waals surface area (Å²) in [6, 6.07) is 0. The molecule has 1 saturated heterocycles. The van der Waals surface area contributed by atoms with Gasteiger partial charge in [0.15, 0.2) is 0 Å². The van der Waals surface area contributed by atoms with Crippen molar-refractivity contribution in [1.29, 1.82) is 0 Å². The van der Waals surface area contributed by atoms with Gasteiger partial charge in [0.25, 0.3) is 0 Å². The molecule has 0 N–H and O–H groups in total. The van der Waals surface area contributed by atoms with Crippen molar-refractivity contribution in [2.45, 2.75) is 38.2 Å². The number of carbonyl (C=O) groups is 1. The first-order valence-corrected chi connectivity index (χ1v) is 7.37. The van der Waals surface area contributed by atoms with E-state index in [1.54, 1.807) is 0 Å². The van der Waals surface area contributed by atoms with Gasteiger partial charge in [0.1, 0.15) is 11.9 Å². The molecule has 0 bridgehead atoms. The molecule has 110 valence electrons. The van der Waals surface area contributed by atoms with E-state index in [9.17, 15) is 4.79 Å². The number of ether oxygens (including phenoxy) is 1. The van der Waals surface area contributed by atoms with E-state index in [2.05, 4.69) is 22.1 Å². The van der Waals surface area contributed by atoms with Crippen LogP contribution >= 0.6 is 0 Å². The predicted octanol–water partition coefficient (Wildman–Crippen LogP) is 1.37. The van der Waals surface area contributed by atoms with Crippen LogP contribution in [0.4, 0.5) is 0 Å². The maximum atomic E-state index is 11.8. The Balaban J connectivity index is 1.62. The molecule has 2 atom stereocenters. The Morgan fingerprint density at radius 2 is 2.30 bits per heavy atom. The first-order chi connectivity index (χ1) is 9.72. The van der Waals surface area contributed by atoms with E-state index in [1.165, 1.54) is 0 Å². The summed E-state index contributed by atoms with van der Waals surface area (Å²) < 4.78 is 11.0. The van der Waals surface area contributed by atoms with Crippen molar-refractivity contribution in [1.82, 2.24) is 15.0 Å². The molecule has 1 aromatic rings. The third kappa shape index (κ3) is 3.07. The molecule has 20 heavy (non-hydrogen) atoms. The monoisotopic (exact) mass is 279 g/mol. The van der Waals surface area contributed by atoms with Crippen molar-refractivity contribution in [2.24, 2.45) is 5.92 Å². The molecule has 1 aliphatic heterocycles. The van der Waals surface area contributed by atoms with Crippen molar-refractivity contribution >= 4 is 5.78 Å². The van der Waals surface area contributed by atoms with E-state index in [0.29, 0.717) is 36.9 Å². The van der Waals surface area contributed by atoms with Gasteiger partial charge in [-0.25, -0.2) is 0 Å². The Morgan fingerprint density at radius 3 is 3.10 bits per heavy atom. The number of carbonyl (C=O) groups excluding carboxylic acids is 1. The lowest BCUT2D eigenvalue weighted by atomic mass is 9.86. The van der Waals surface area contributed by atoms with Crippen LogP contribution in [0.1, 0.15) is 43.5 Å². The average molecular weight is 279 g/mol. The molecule has 2 unspecified atom stereocenters. The summed E-state index contributed by atoms with van der Waals surface area (Å²) >= 11 is 0. The molecule has 0 radical (unpaired) electrons. The summed E-state index contributed by atoms with van der Waals surface area (Å²) in [5.41, 5.74) is 0. The molecule has 0 spiro atoms. The summed E-state index contributed by atoms with van der Waals surface area (Å²) in [5.74, 6) is 1.57. The molecular weight excluding hydrogens is 258 g/mol. The Morgan fingerprint density at radius 1 is 1.40 bits per heavy atom. The summed E-state index contributed by atoms with van der Waals surface area (Å²) in [6.45, 7) is 2.39. The largest absolute Gasteiger partial charge is 0.367 e. The van der Waals surface area contributed by atoms with Gasteiger partial charge in [-0.15, -0.1) is 0 Å². The fourth-order valence-electron chi connectivity index (χ4n) is 2.90. The number of aromatic nitrogens is 2. The van der Waals surface area contributed by atoms with Crippen LogP contribution in [-0.2, 0) is 16.0 Å². The van der Waals surface area contributed by atoms with E-state index in [4.69, 9.17) is 9.26 Å². The number of nitrogens with zero attached hydrogens (tertiary/aromatic N) is 3. The third-order valence-electron chi connectivity index (χ3n) is 4.14. The lowest BCUT2D eigenvalue weighted by Gasteiger charge is -2.27. The quantitative estimate of drug-likeness (QED) is 0.832. The fraction of sp³-hybridized carbons (Fsp3) is 0.786. The van der Waals surface area contributed by atoms with Crippen molar-refractivity contribution in [3.8, 4) is 0 Å². The van der Waals surface area contributed by atoms with Gasteiger partial charge >= 0.3 is 0 Å². The molecule has 2 fully saturated rings. The van der Waals surface area contributed by atoms with Crippen LogP contribution in [0.25, 0.3) is 0 Å². The molecule has 0 aromatic carbocycles. The van der Waals surface area contributed by atoms with E-state index >= 15 is 0 Å². The second-order valence-electron chi connectivity index (χ2n) is 5.78. The van der Waals surface area contributed by atoms with Crippen molar-refractivity contribution in [3.63, 3.8) is 0 Å². The van der Waals surface area contributed by atoms with Gasteiger partial charge < -0.3 is 14.2 Å². The minimum atomic E-state index is -0.117. The van der Waals surface area contributed by atoms with Gasteiger partial charge in [-0.2, -0.15) is 4.98 Å². The van der Waals surface area contributed by atoms with E-state index in [-0.39, 0.29) is 12.0 Å². The molecule has 2 aliphatic rings. The molecule has 0 amide bonds. The lowest BCUT2D eigenvalue weighted by Crippen LogP contribution is -2.35. The van der Waals surface area contributed by atoms with Crippen molar-refractivity contribution in [3.05, 3.63) is 11.7 Å². The van der Waals surface area contributed by atoms with Crippen LogP contribution in [0.5, 0.6) is 0 Å². The Labute approximate surface area is 118 Å². The zero-order valence-electron chi connectivity index (χ0n) is 11.9. The van der Waals surface area contributed by atoms with Crippen molar-refractivity contribution < 1.29 is 14.1 Å². The highest BCUT2D eigenvalue weighted by Gasteiger charge is 2.27. The number of hydrogen-bond acceptors (Lipinski definition) is 6. The fourth-order valence-corrected chi connectivity index (χ4v) is 2.90. The predicted molar refractivity (Wildman–Crippen MR) is 71.2 cm³/mol. The van der Waals surface area contributed by atoms with Crippen LogP contribution < -0.4 is 0 Å². The summed E-state index contributed by atoms with van der Waals surface area (Å²) in [5, 5.41) is 4.02. The van der Waals surface area contributed by atoms with E-state index < -0.39 is 0 Å². The van der Waals surface area contributed by atoms with E-state index in [0.717, 1.165) is 32.4 Å². The Bertz CT molecular complexity index is 474. The SMILES string of the molecule is CN1CCOC(c2noc(CC3CCCCC3=O)n2)C1. The molecule has 1 aromatic heterocycles. The highest BCUT2D eigenvalue weighted by atomic mass is 16.5. The Kier molecular flexibility index (Phi) is 4.12. The molecular formula is C14H21N3O3. The van der Waals surface area contributed by atoms with Gasteiger partial charge in [-0.05, 0) is 19.9 Å². The number of Topliss-reactive ketones (excluding diaryl/α,β-unsaturated/α-hetero) is 1. The normalized spacial score (nSPS) is 28.8. The minimum Gasteiger partial charge on any atom is -0.367 e. The zero-order chi connectivity index (χ0) is 13.9. The highest BCUT2D eigenvalue weighted by Crippen LogP contribution is 2.25. The second kappa shape index (κ2) is 6.01. The van der Waals surface area contributed by atoms with Crippen LogP contribution in [0, 0.1) is 5.92 Å². The second-order valence-corrected chi connectivity index (χ2v) is 5.78. The molecule has 2 heterocycles. The molecule has 1 saturated carbocycles. The maximum Gasteiger partial charge on any atom is 0.227 e. The minimum absolute atomic E-state index is 0.0620. The average Bonchev–Trinajstić information content (AvgIpc) is 2.90. The first-order valence-electron chi connectivity index (χ1n) is 7.37. The number of rotatable bonds is 3. The molecule has 6 nitrogen and oxygen atoms in total. The number of morpholine rings is 1. The van der Waals surface area contributed by atoms with Crippen molar-refractivity contribution in [2.75, 3.05) is 26.7 Å². The van der Waals surface area contributed by atoms with Crippen LogP contribution in [0.3, 0.4) is 0 Å². The lowest BCUT2D eigenvalue weighted by molar-refractivity contribution is -0.124. The van der Waals surface area contributed by atoms with Gasteiger partial charge in [0.05, 0.1) is 6.61 Å². The Hall–Kier alpha value is -1.27. The smallest absolute Gasteiger partial charge is 0.227 e. The first kappa shape index (κ1) is 13.7. The van der Waals surface area contributed by atoms with Gasteiger partial charge in [0, 0.05) is 31.8 Å². The van der Waals surface area contributed by atoms with Gasteiger partial charge in [0.2, 0.25) is 11.7 Å². The topological polar surface area (TPSA) is 68.5 Å². The van der Waals surface area contributed by atoms with Crippen LogP contribution in [-0.4, -0.2) is 47.6 Å². The molecule has 6 heteroatoms. The van der Waals surface area contributed by atoms with Crippen LogP contribution in [0.2, 0.25) is 0 Å². The number of ketones is 1. The van der Waals surface area contributed by atoms with E-state index in [1.807, 2.05) is 0 Å². The maximum absolute atomic E-state index is 11.8. The standard InChI is InChI=1S/C14H21N3O3/c1-17-6-7-19-12(9-17)14-15-13(20-16-14)8-10-4-2-3-5-11(10)18/h10,12H,2-9H2,1H3. The zero-order valence-corrected chi connectivity index (χ0v) is 11.9. The number of likely N-dealkylation sites (N-methyl/N-ethyl adjacent to an activating group) is 1. The third-order valence-corrected chi connectivity index (χ3v) is 4.14. The van der Waals surface area contributed by atoms with Gasteiger partial charge in [-0.3, -0.25) is 4.79 Å². The highest BCUT2D eigenvalue weighted by molar-refractivity contribution is 5.81. The number of hydrogen-bond donors (Lipinski definition) is 0.